The van der Waals surface area contributed by atoms with Gasteiger partial charge in [-0.3, -0.25) is 0 Å². The molecule has 0 amide bonds. The lowest BCUT2D eigenvalue weighted by Crippen LogP contribution is -2.39. The lowest BCUT2D eigenvalue weighted by atomic mass is 9.85. The molecule has 0 aromatic heterocycles. The standard InChI is InChI=1S/C12H27N/c1-10(8-11(2,3)4)9-13-12(5,6)7/h10,13H,8-9H2,1-7H3. The smallest absolute Gasteiger partial charge is 0.00966 e. The van der Waals surface area contributed by atoms with Crippen molar-refractivity contribution in [2.45, 2.75) is 60.4 Å². The summed E-state index contributed by atoms with van der Waals surface area (Å²) >= 11 is 0. The molecular weight excluding hydrogens is 158 g/mol. The van der Waals surface area contributed by atoms with E-state index in [1.807, 2.05) is 0 Å². The van der Waals surface area contributed by atoms with Crippen LogP contribution in [-0.4, -0.2) is 12.1 Å². The second-order valence-electron chi connectivity index (χ2n) is 6.50. The summed E-state index contributed by atoms with van der Waals surface area (Å²) in [5.74, 6) is 0.763. The molecule has 0 aromatic rings. The molecule has 0 spiro atoms. The van der Waals surface area contributed by atoms with Crippen LogP contribution in [0.3, 0.4) is 0 Å². The molecule has 0 aromatic carbocycles. The zero-order valence-corrected chi connectivity index (χ0v) is 10.5. The van der Waals surface area contributed by atoms with Crippen molar-refractivity contribution in [1.82, 2.24) is 5.32 Å². The molecule has 0 aliphatic carbocycles. The topological polar surface area (TPSA) is 12.0 Å². The third kappa shape index (κ3) is 9.88. The summed E-state index contributed by atoms with van der Waals surface area (Å²) in [6, 6.07) is 0. The van der Waals surface area contributed by atoms with Crippen molar-refractivity contribution in [3.63, 3.8) is 0 Å². The Kier molecular flexibility index (Phi) is 4.44. The van der Waals surface area contributed by atoms with Crippen molar-refractivity contribution in [2.75, 3.05) is 6.54 Å². The van der Waals surface area contributed by atoms with Crippen LogP contribution in [0.4, 0.5) is 0 Å². The maximum Gasteiger partial charge on any atom is 0.00966 e. The maximum atomic E-state index is 3.54. The summed E-state index contributed by atoms with van der Waals surface area (Å²) in [7, 11) is 0. The Morgan fingerprint density at radius 3 is 1.77 bits per heavy atom. The first-order valence-corrected chi connectivity index (χ1v) is 5.35. The van der Waals surface area contributed by atoms with Gasteiger partial charge in [-0.1, -0.05) is 27.7 Å². The highest BCUT2D eigenvalue weighted by atomic mass is 14.9. The van der Waals surface area contributed by atoms with Crippen LogP contribution in [-0.2, 0) is 0 Å². The predicted octanol–water partition coefficient (Wildman–Crippen LogP) is 3.45. The summed E-state index contributed by atoms with van der Waals surface area (Å²) in [6.45, 7) is 17.0. The van der Waals surface area contributed by atoms with Crippen LogP contribution in [0.25, 0.3) is 0 Å². The molecule has 0 saturated heterocycles. The van der Waals surface area contributed by atoms with Gasteiger partial charge in [0.25, 0.3) is 0 Å². The highest BCUT2D eigenvalue weighted by Gasteiger charge is 2.17. The Labute approximate surface area is 84.3 Å². The molecule has 1 atom stereocenters. The van der Waals surface area contributed by atoms with Crippen LogP contribution in [0.15, 0.2) is 0 Å². The molecule has 0 aliphatic rings. The van der Waals surface area contributed by atoms with Crippen molar-refractivity contribution in [2.24, 2.45) is 11.3 Å². The molecule has 1 heteroatoms. The Hall–Kier alpha value is -0.0400. The van der Waals surface area contributed by atoms with Crippen LogP contribution < -0.4 is 5.32 Å². The fraction of sp³-hybridized carbons (Fsp3) is 1.00. The zero-order valence-electron chi connectivity index (χ0n) is 10.5. The van der Waals surface area contributed by atoms with Crippen molar-refractivity contribution in [3.8, 4) is 0 Å². The number of nitrogens with one attached hydrogen (secondary N) is 1. The molecule has 0 heterocycles. The molecule has 0 saturated carbocycles. The average Bonchev–Trinajstić information content (AvgIpc) is 1.78. The van der Waals surface area contributed by atoms with Gasteiger partial charge < -0.3 is 5.32 Å². The van der Waals surface area contributed by atoms with Crippen molar-refractivity contribution < 1.29 is 0 Å². The van der Waals surface area contributed by atoms with E-state index in [2.05, 4.69) is 53.8 Å². The van der Waals surface area contributed by atoms with Crippen LogP contribution in [0, 0.1) is 11.3 Å². The summed E-state index contributed by atoms with van der Waals surface area (Å²) in [5.41, 5.74) is 0.713. The van der Waals surface area contributed by atoms with E-state index in [-0.39, 0.29) is 5.54 Å². The van der Waals surface area contributed by atoms with Crippen molar-refractivity contribution in [3.05, 3.63) is 0 Å². The Balaban J connectivity index is 3.70. The van der Waals surface area contributed by atoms with Gasteiger partial charge in [0, 0.05) is 5.54 Å². The van der Waals surface area contributed by atoms with Crippen molar-refractivity contribution >= 4 is 0 Å². The Bertz CT molecular complexity index is 136. The lowest BCUT2D eigenvalue weighted by molar-refractivity contribution is 0.281. The normalized spacial score (nSPS) is 15.9. The van der Waals surface area contributed by atoms with Crippen LogP contribution in [0.1, 0.15) is 54.9 Å². The first-order chi connectivity index (χ1) is 5.60. The van der Waals surface area contributed by atoms with E-state index in [9.17, 15) is 0 Å². The minimum atomic E-state index is 0.256. The molecule has 13 heavy (non-hydrogen) atoms. The van der Waals surface area contributed by atoms with Crippen LogP contribution in [0.2, 0.25) is 0 Å². The van der Waals surface area contributed by atoms with Gasteiger partial charge in [-0.15, -0.1) is 0 Å². The minimum Gasteiger partial charge on any atom is -0.312 e. The van der Waals surface area contributed by atoms with Gasteiger partial charge in [0.1, 0.15) is 0 Å². The third-order valence-electron chi connectivity index (χ3n) is 1.94. The fourth-order valence-corrected chi connectivity index (χ4v) is 1.60. The van der Waals surface area contributed by atoms with E-state index in [1.54, 1.807) is 0 Å². The van der Waals surface area contributed by atoms with Crippen molar-refractivity contribution in [1.29, 1.82) is 0 Å². The third-order valence-corrected chi connectivity index (χ3v) is 1.94. The van der Waals surface area contributed by atoms with Crippen LogP contribution >= 0.6 is 0 Å². The number of hydrogen-bond acceptors (Lipinski definition) is 1. The molecule has 1 nitrogen and oxygen atoms in total. The summed E-state index contributed by atoms with van der Waals surface area (Å²) < 4.78 is 0. The second-order valence-corrected chi connectivity index (χ2v) is 6.50. The summed E-state index contributed by atoms with van der Waals surface area (Å²) in [6.07, 6.45) is 1.29. The van der Waals surface area contributed by atoms with E-state index in [1.165, 1.54) is 6.42 Å². The molecular formula is C12H27N. The van der Waals surface area contributed by atoms with E-state index in [0.29, 0.717) is 5.41 Å². The monoisotopic (exact) mass is 185 g/mol. The van der Waals surface area contributed by atoms with E-state index in [0.717, 1.165) is 12.5 Å². The molecule has 1 N–H and O–H groups in total. The zero-order chi connectivity index (χ0) is 10.7. The van der Waals surface area contributed by atoms with Gasteiger partial charge in [0.05, 0.1) is 0 Å². The molecule has 0 bridgehead atoms. The fourth-order valence-electron chi connectivity index (χ4n) is 1.60. The lowest BCUT2D eigenvalue weighted by Gasteiger charge is -2.27. The summed E-state index contributed by atoms with van der Waals surface area (Å²) in [5, 5.41) is 3.54. The molecule has 0 radical (unpaired) electrons. The van der Waals surface area contributed by atoms with E-state index < -0.39 is 0 Å². The van der Waals surface area contributed by atoms with Gasteiger partial charge in [0.2, 0.25) is 0 Å². The quantitative estimate of drug-likeness (QED) is 0.710. The first kappa shape index (κ1) is 13.0. The van der Waals surface area contributed by atoms with Gasteiger partial charge in [-0.25, -0.2) is 0 Å². The van der Waals surface area contributed by atoms with E-state index >= 15 is 0 Å². The summed E-state index contributed by atoms with van der Waals surface area (Å²) in [4.78, 5) is 0. The molecule has 0 aliphatic heterocycles. The highest BCUT2D eigenvalue weighted by molar-refractivity contribution is 4.74. The van der Waals surface area contributed by atoms with E-state index in [4.69, 9.17) is 0 Å². The SMILES string of the molecule is CC(CNC(C)(C)C)CC(C)(C)C. The van der Waals surface area contributed by atoms with Gasteiger partial charge >= 0.3 is 0 Å². The highest BCUT2D eigenvalue weighted by Crippen LogP contribution is 2.23. The van der Waals surface area contributed by atoms with Gasteiger partial charge in [0.15, 0.2) is 0 Å². The molecule has 1 unspecified atom stereocenters. The van der Waals surface area contributed by atoms with Gasteiger partial charge in [-0.2, -0.15) is 0 Å². The maximum absolute atomic E-state index is 3.54. The minimum absolute atomic E-state index is 0.256. The Morgan fingerprint density at radius 1 is 1.00 bits per heavy atom. The number of hydrogen-bond donors (Lipinski definition) is 1. The van der Waals surface area contributed by atoms with Crippen LogP contribution in [0.5, 0.6) is 0 Å². The second kappa shape index (κ2) is 4.45. The number of rotatable bonds is 3. The Morgan fingerprint density at radius 2 is 1.46 bits per heavy atom. The van der Waals surface area contributed by atoms with Gasteiger partial charge in [-0.05, 0) is 45.1 Å². The average molecular weight is 185 g/mol. The molecule has 80 valence electrons. The molecule has 0 rings (SSSR count). The molecule has 0 fully saturated rings. The first-order valence-electron chi connectivity index (χ1n) is 5.35. The predicted molar refractivity (Wildman–Crippen MR) is 61.0 cm³/mol. The largest absolute Gasteiger partial charge is 0.312 e.